The van der Waals surface area contributed by atoms with Crippen molar-refractivity contribution in [3.63, 3.8) is 0 Å². The van der Waals surface area contributed by atoms with E-state index in [4.69, 9.17) is 4.74 Å². The molecule has 2 aromatic carbocycles. The lowest BCUT2D eigenvalue weighted by Crippen LogP contribution is -2.69. The third-order valence-corrected chi connectivity index (χ3v) is 6.46. The first-order valence-corrected chi connectivity index (χ1v) is 10.0. The van der Waals surface area contributed by atoms with Crippen LogP contribution in [0.4, 0.5) is 5.69 Å². The average molecular weight is 376 g/mol. The van der Waals surface area contributed by atoms with E-state index in [1.807, 2.05) is 55.5 Å². The third kappa shape index (κ3) is 2.60. The SMILES string of the molecule is Cc1cccc(NC(=O)C2C(=O)N[C@@]34CCCCC3C2c2ccccc2O4)c1. The molecule has 0 radical (unpaired) electrons. The number of para-hydroxylation sites is 1. The number of aryl methyl sites for hydroxylation is 1. The number of hydrogen-bond donors (Lipinski definition) is 2. The van der Waals surface area contributed by atoms with Crippen molar-refractivity contribution < 1.29 is 14.3 Å². The Morgan fingerprint density at radius 2 is 2.04 bits per heavy atom. The van der Waals surface area contributed by atoms with Crippen molar-refractivity contribution in [2.24, 2.45) is 11.8 Å². The highest BCUT2D eigenvalue weighted by Crippen LogP contribution is 2.55. The fourth-order valence-corrected chi connectivity index (χ4v) is 5.30. The molecule has 5 nitrogen and oxygen atoms in total. The number of rotatable bonds is 2. The summed E-state index contributed by atoms with van der Waals surface area (Å²) in [7, 11) is 0. The number of benzene rings is 2. The van der Waals surface area contributed by atoms with Gasteiger partial charge in [-0.1, -0.05) is 36.8 Å². The largest absolute Gasteiger partial charge is 0.467 e. The lowest BCUT2D eigenvalue weighted by atomic mass is 9.62. The minimum absolute atomic E-state index is 0.113. The first kappa shape index (κ1) is 17.3. The molecule has 2 aromatic rings. The molecule has 3 aliphatic rings. The Kier molecular flexibility index (Phi) is 3.93. The lowest BCUT2D eigenvalue weighted by molar-refractivity contribution is -0.160. The molecule has 1 saturated carbocycles. The van der Waals surface area contributed by atoms with E-state index in [1.54, 1.807) is 0 Å². The van der Waals surface area contributed by atoms with Gasteiger partial charge in [-0.3, -0.25) is 9.59 Å². The van der Waals surface area contributed by atoms with Crippen LogP contribution in [-0.4, -0.2) is 17.5 Å². The summed E-state index contributed by atoms with van der Waals surface area (Å²) in [5.41, 5.74) is 2.09. The van der Waals surface area contributed by atoms with Gasteiger partial charge in [-0.15, -0.1) is 0 Å². The van der Waals surface area contributed by atoms with Crippen molar-refractivity contribution in [3.05, 3.63) is 59.7 Å². The first-order chi connectivity index (χ1) is 13.6. The van der Waals surface area contributed by atoms with Gasteiger partial charge in [0.1, 0.15) is 11.7 Å². The predicted octanol–water partition coefficient (Wildman–Crippen LogP) is 3.74. The van der Waals surface area contributed by atoms with Crippen LogP contribution < -0.4 is 15.4 Å². The van der Waals surface area contributed by atoms with E-state index in [0.29, 0.717) is 0 Å². The van der Waals surface area contributed by atoms with Crippen LogP contribution in [-0.2, 0) is 9.59 Å². The second-order valence-electron chi connectivity index (χ2n) is 8.23. The summed E-state index contributed by atoms with van der Waals surface area (Å²) in [6.45, 7) is 1.98. The van der Waals surface area contributed by atoms with Gasteiger partial charge in [0.15, 0.2) is 5.72 Å². The van der Waals surface area contributed by atoms with E-state index in [-0.39, 0.29) is 23.7 Å². The fraction of sp³-hybridized carbons (Fsp3) is 0.391. The number of piperidine rings is 1. The molecule has 5 heteroatoms. The minimum atomic E-state index is -0.762. The van der Waals surface area contributed by atoms with Gasteiger partial charge in [-0.2, -0.15) is 0 Å². The second kappa shape index (κ2) is 6.36. The number of carbonyl (C=O) groups excluding carboxylic acids is 2. The molecule has 2 aliphatic heterocycles. The molecule has 28 heavy (non-hydrogen) atoms. The fourth-order valence-electron chi connectivity index (χ4n) is 5.30. The highest BCUT2D eigenvalue weighted by atomic mass is 16.5. The smallest absolute Gasteiger partial charge is 0.237 e. The molecule has 4 atom stereocenters. The molecule has 144 valence electrons. The number of nitrogens with one attached hydrogen (secondary N) is 2. The van der Waals surface area contributed by atoms with E-state index in [1.165, 1.54) is 0 Å². The number of carbonyl (C=O) groups is 2. The van der Waals surface area contributed by atoms with Gasteiger partial charge < -0.3 is 15.4 Å². The topological polar surface area (TPSA) is 67.4 Å². The van der Waals surface area contributed by atoms with Crippen LogP contribution in [0.1, 0.15) is 42.7 Å². The third-order valence-electron chi connectivity index (χ3n) is 6.46. The van der Waals surface area contributed by atoms with Gasteiger partial charge in [-0.25, -0.2) is 0 Å². The van der Waals surface area contributed by atoms with Crippen LogP contribution in [0.2, 0.25) is 0 Å². The molecular weight excluding hydrogens is 352 g/mol. The Morgan fingerprint density at radius 3 is 2.89 bits per heavy atom. The summed E-state index contributed by atoms with van der Waals surface area (Å²) < 4.78 is 6.36. The van der Waals surface area contributed by atoms with E-state index >= 15 is 0 Å². The monoisotopic (exact) mass is 376 g/mol. The standard InChI is InChI=1S/C23H24N2O3/c1-14-7-6-8-15(13-14)24-21(26)20-19-16-9-2-3-11-18(16)28-23(25-22(20)27)12-5-4-10-17(19)23/h2-3,6-9,11,13,17,19-20H,4-5,10,12H2,1H3,(H,24,26)(H,25,27)/t17?,19?,20?,23-/m1/s1. The van der Waals surface area contributed by atoms with E-state index in [2.05, 4.69) is 10.6 Å². The first-order valence-electron chi connectivity index (χ1n) is 10.0. The Balaban J connectivity index is 1.55. The van der Waals surface area contributed by atoms with Gasteiger partial charge in [0, 0.05) is 23.9 Å². The Morgan fingerprint density at radius 1 is 1.18 bits per heavy atom. The molecule has 0 aromatic heterocycles. The number of anilines is 1. The average Bonchev–Trinajstić information content (AvgIpc) is 2.67. The number of fused-ring (bicyclic) bond motifs is 2. The van der Waals surface area contributed by atoms with Crippen LogP contribution in [0.3, 0.4) is 0 Å². The molecule has 1 saturated heterocycles. The van der Waals surface area contributed by atoms with Crippen LogP contribution in [0, 0.1) is 18.8 Å². The number of hydrogen-bond acceptors (Lipinski definition) is 3. The Hall–Kier alpha value is -2.82. The van der Waals surface area contributed by atoms with E-state index in [9.17, 15) is 9.59 Å². The molecule has 2 bridgehead atoms. The van der Waals surface area contributed by atoms with E-state index in [0.717, 1.165) is 48.2 Å². The normalized spacial score (nSPS) is 30.3. The molecule has 1 aliphatic carbocycles. The zero-order valence-electron chi connectivity index (χ0n) is 15.9. The highest BCUT2D eigenvalue weighted by Gasteiger charge is 2.60. The number of amides is 2. The van der Waals surface area contributed by atoms with Crippen molar-refractivity contribution in [2.45, 2.75) is 44.2 Å². The summed E-state index contributed by atoms with van der Waals surface area (Å²) in [5.74, 6) is -0.501. The predicted molar refractivity (Wildman–Crippen MR) is 106 cm³/mol. The minimum Gasteiger partial charge on any atom is -0.467 e. The summed E-state index contributed by atoms with van der Waals surface area (Å²) in [4.78, 5) is 26.4. The molecule has 2 heterocycles. The van der Waals surface area contributed by atoms with Crippen molar-refractivity contribution >= 4 is 17.5 Å². The summed E-state index contributed by atoms with van der Waals surface area (Å²) >= 11 is 0. The molecule has 2 N–H and O–H groups in total. The Bertz CT molecular complexity index is 956. The molecule has 0 spiro atoms. The van der Waals surface area contributed by atoms with Crippen LogP contribution in [0.25, 0.3) is 0 Å². The molecule has 2 amide bonds. The summed E-state index contributed by atoms with van der Waals surface area (Å²) in [6.07, 6.45) is 3.86. The van der Waals surface area contributed by atoms with Gasteiger partial charge >= 0.3 is 0 Å². The molecule has 3 unspecified atom stereocenters. The van der Waals surface area contributed by atoms with Crippen molar-refractivity contribution in [1.29, 1.82) is 0 Å². The van der Waals surface area contributed by atoms with Gasteiger partial charge in [0.25, 0.3) is 0 Å². The molecule has 2 fully saturated rings. The lowest BCUT2D eigenvalue weighted by Gasteiger charge is -2.55. The molecule has 5 rings (SSSR count). The molecular formula is C23H24N2O3. The zero-order chi connectivity index (χ0) is 19.3. The summed E-state index contributed by atoms with van der Waals surface area (Å²) in [5, 5.41) is 6.08. The van der Waals surface area contributed by atoms with Gasteiger partial charge in [-0.05, 0) is 49.1 Å². The van der Waals surface area contributed by atoms with Crippen molar-refractivity contribution in [1.82, 2.24) is 5.32 Å². The maximum atomic E-state index is 13.3. The van der Waals surface area contributed by atoms with Crippen LogP contribution >= 0.6 is 0 Å². The maximum absolute atomic E-state index is 13.3. The van der Waals surface area contributed by atoms with Crippen LogP contribution in [0.15, 0.2) is 48.5 Å². The van der Waals surface area contributed by atoms with E-state index < -0.39 is 11.6 Å². The van der Waals surface area contributed by atoms with Gasteiger partial charge in [0.05, 0.1) is 0 Å². The highest BCUT2D eigenvalue weighted by molar-refractivity contribution is 6.08. The van der Waals surface area contributed by atoms with Crippen molar-refractivity contribution in [3.8, 4) is 5.75 Å². The quantitative estimate of drug-likeness (QED) is 0.785. The zero-order valence-corrected chi connectivity index (χ0v) is 15.9. The van der Waals surface area contributed by atoms with Gasteiger partial charge in [0.2, 0.25) is 11.8 Å². The van der Waals surface area contributed by atoms with Crippen molar-refractivity contribution in [2.75, 3.05) is 5.32 Å². The van der Waals surface area contributed by atoms with Crippen LogP contribution in [0.5, 0.6) is 5.75 Å². The maximum Gasteiger partial charge on any atom is 0.237 e. The second-order valence-corrected chi connectivity index (χ2v) is 8.23. The Labute approximate surface area is 164 Å². The summed E-state index contributed by atoms with van der Waals surface area (Å²) in [6, 6.07) is 15.5. The number of ether oxygens (including phenoxy) is 1.